The van der Waals surface area contributed by atoms with Crippen LogP contribution in [0.2, 0.25) is 0 Å². The van der Waals surface area contributed by atoms with Crippen molar-refractivity contribution < 1.29 is 9.53 Å². The molecule has 4 nitrogen and oxygen atoms in total. The first-order valence-electron chi connectivity index (χ1n) is 6.48. The third-order valence-electron chi connectivity index (χ3n) is 3.23. The van der Waals surface area contributed by atoms with Gasteiger partial charge in [-0.3, -0.25) is 4.79 Å². The fourth-order valence-corrected chi connectivity index (χ4v) is 2.00. The quantitative estimate of drug-likeness (QED) is 0.861. The second-order valence-electron chi connectivity index (χ2n) is 4.43. The van der Waals surface area contributed by atoms with Crippen LogP contribution < -0.4 is 10.2 Å². The van der Waals surface area contributed by atoms with Crippen LogP contribution in [0.1, 0.15) is 24.2 Å². The first-order valence-corrected chi connectivity index (χ1v) is 6.48. The number of hydrogen-bond donors (Lipinski definition) is 1. The van der Waals surface area contributed by atoms with Gasteiger partial charge in [-0.1, -0.05) is 0 Å². The van der Waals surface area contributed by atoms with Crippen LogP contribution in [0.5, 0.6) is 0 Å². The van der Waals surface area contributed by atoms with Gasteiger partial charge in [0.2, 0.25) is 0 Å². The lowest BCUT2D eigenvalue weighted by Crippen LogP contribution is -2.48. The van der Waals surface area contributed by atoms with Crippen LogP contribution in [-0.4, -0.2) is 38.3 Å². The molecule has 0 spiro atoms. The second kappa shape index (κ2) is 5.87. The molecule has 2 rings (SSSR count). The molecule has 1 aromatic carbocycles. The lowest BCUT2D eigenvalue weighted by molar-refractivity contribution is -0.00346. The maximum atomic E-state index is 11.9. The van der Waals surface area contributed by atoms with E-state index in [1.54, 1.807) is 0 Å². The normalized spacial score (nSPS) is 15.0. The first-order chi connectivity index (χ1) is 8.74. The van der Waals surface area contributed by atoms with Crippen molar-refractivity contribution in [1.82, 2.24) is 5.32 Å². The summed E-state index contributed by atoms with van der Waals surface area (Å²) in [5.74, 6) is -0.0191. The van der Waals surface area contributed by atoms with E-state index in [9.17, 15) is 4.79 Å². The highest BCUT2D eigenvalue weighted by molar-refractivity contribution is 5.94. The third-order valence-corrected chi connectivity index (χ3v) is 3.23. The Kier molecular flexibility index (Phi) is 4.20. The predicted molar refractivity (Wildman–Crippen MR) is 72.1 cm³/mol. The van der Waals surface area contributed by atoms with E-state index in [2.05, 4.69) is 24.1 Å². The Morgan fingerprint density at radius 3 is 2.33 bits per heavy atom. The van der Waals surface area contributed by atoms with Gasteiger partial charge in [0.15, 0.2) is 0 Å². The number of ether oxygens (including phenoxy) is 1. The van der Waals surface area contributed by atoms with Crippen LogP contribution in [0, 0.1) is 0 Å². The Labute approximate surface area is 108 Å². The molecule has 4 heteroatoms. The van der Waals surface area contributed by atoms with Crippen LogP contribution in [0.4, 0.5) is 5.69 Å². The van der Waals surface area contributed by atoms with Crippen molar-refractivity contribution in [2.75, 3.05) is 31.2 Å². The number of anilines is 1. The van der Waals surface area contributed by atoms with Gasteiger partial charge in [-0.2, -0.15) is 0 Å². The highest BCUT2D eigenvalue weighted by atomic mass is 16.5. The zero-order valence-electron chi connectivity index (χ0n) is 11.0. The molecule has 1 aliphatic heterocycles. The maximum absolute atomic E-state index is 11.9. The fourth-order valence-electron chi connectivity index (χ4n) is 2.00. The standard InChI is InChI=1S/C14H20N2O2/c1-3-16(4-2)13-7-5-11(6-8-13)14(17)15-12-9-18-10-12/h5-8,12H,3-4,9-10H2,1-2H3,(H,15,17). The van der Waals surface area contributed by atoms with Crippen molar-refractivity contribution in [2.24, 2.45) is 0 Å². The van der Waals surface area contributed by atoms with Crippen LogP contribution in [0.15, 0.2) is 24.3 Å². The van der Waals surface area contributed by atoms with Gasteiger partial charge in [0, 0.05) is 24.3 Å². The van der Waals surface area contributed by atoms with E-state index in [0.29, 0.717) is 18.8 Å². The van der Waals surface area contributed by atoms with Crippen molar-refractivity contribution in [1.29, 1.82) is 0 Å². The van der Waals surface area contributed by atoms with Gasteiger partial charge in [0.25, 0.3) is 5.91 Å². The van der Waals surface area contributed by atoms with Crippen molar-refractivity contribution >= 4 is 11.6 Å². The lowest BCUT2D eigenvalue weighted by Gasteiger charge is -2.27. The molecule has 1 aromatic rings. The zero-order chi connectivity index (χ0) is 13.0. The Hall–Kier alpha value is -1.55. The minimum Gasteiger partial charge on any atom is -0.377 e. The SMILES string of the molecule is CCN(CC)c1ccc(C(=O)NC2COC2)cc1. The molecule has 0 radical (unpaired) electrons. The smallest absolute Gasteiger partial charge is 0.251 e. The van der Waals surface area contributed by atoms with E-state index >= 15 is 0 Å². The topological polar surface area (TPSA) is 41.6 Å². The van der Waals surface area contributed by atoms with Gasteiger partial charge in [-0.15, -0.1) is 0 Å². The molecule has 0 bridgehead atoms. The molecule has 1 aliphatic rings. The summed E-state index contributed by atoms with van der Waals surface area (Å²) in [6.07, 6.45) is 0. The number of nitrogens with zero attached hydrogens (tertiary/aromatic N) is 1. The molecule has 1 heterocycles. The monoisotopic (exact) mass is 248 g/mol. The maximum Gasteiger partial charge on any atom is 0.251 e. The summed E-state index contributed by atoms with van der Waals surface area (Å²) < 4.78 is 5.03. The summed E-state index contributed by atoms with van der Waals surface area (Å²) in [5, 5.41) is 2.93. The highest BCUT2D eigenvalue weighted by Crippen LogP contribution is 2.15. The predicted octanol–water partition coefficient (Wildman–Crippen LogP) is 1.66. The summed E-state index contributed by atoms with van der Waals surface area (Å²) in [6.45, 7) is 7.46. The number of benzene rings is 1. The molecule has 1 fully saturated rings. The summed E-state index contributed by atoms with van der Waals surface area (Å²) in [6, 6.07) is 7.93. The van der Waals surface area contributed by atoms with E-state index in [4.69, 9.17) is 4.74 Å². The van der Waals surface area contributed by atoms with Crippen molar-refractivity contribution in [3.05, 3.63) is 29.8 Å². The van der Waals surface area contributed by atoms with Gasteiger partial charge >= 0.3 is 0 Å². The van der Waals surface area contributed by atoms with Crippen LogP contribution >= 0.6 is 0 Å². The number of carbonyl (C=O) groups excluding carboxylic acids is 1. The number of rotatable bonds is 5. The van der Waals surface area contributed by atoms with Crippen LogP contribution in [-0.2, 0) is 4.74 Å². The van der Waals surface area contributed by atoms with Crippen molar-refractivity contribution in [2.45, 2.75) is 19.9 Å². The third kappa shape index (κ3) is 2.82. The van der Waals surface area contributed by atoms with Gasteiger partial charge in [-0.25, -0.2) is 0 Å². The van der Waals surface area contributed by atoms with Crippen molar-refractivity contribution in [3.8, 4) is 0 Å². The van der Waals surface area contributed by atoms with Crippen LogP contribution in [0.3, 0.4) is 0 Å². The largest absolute Gasteiger partial charge is 0.377 e. The average Bonchev–Trinajstić information content (AvgIpc) is 2.36. The lowest BCUT2D eigenvalue weighted by atomic mass is 10.1. The Morgan fingerprint density at radius 1 is 1.28 bits per heavy atom. The van der Waals surface area contributed by atoms with Gasteiger partial charge < -0.3 is 15.0 Å². The van der Waals surface area contributed by atoms with Crippen molar-refractivity contribution in [3.63, 3.8) is 0 Å². The van der Waals surface area contributed by atoms with E-state index in [1.807, 2.05) is 24.3 Å². The molecule has 1 amide bonds. The molecule has 18 heavy (non-hydrogen) atoms. The molecule has 0 aromatic heterocycles. The number of amides is 1. The molecular weight excluding hydrogens is 228 g/mol. The highest BCUT2D eigenvalue weighted by Gasteiger charge is 2.20. The number of hydrogen-bond acceptors (Lipinski definition) is 3. The van der Waals surface area contributed by atoms with Gasteiger partial charge in [-0.05, 0) is 38.1 Å². The van der Waals surface area contributed by atoms with E-state index in [-0.39, 0.29) is 11.9 Å². The molecule has 0 saturated carbocycles. The van der Waals surface area contributed by atoms with E-state index in [1.165, 1.54) is 0 Å². The van der Waals surface area contributed by atoms with E-state index < -0.39 is 0 Å². The Morgan fingerprint density at radius 2 is 1.89 bits per heavy atom. The molecule has 1 N–H and O–H groups in total. The Balaban J connectivity index is 1.99. The minimum atomic E-state index is -0.0191. The molecule has 1 saturated heterocycles. The summed E-state index contributed by atoms with van der Waals surface area (Å²) in [7, 11) is 0. The summed E-state index contributed by atoms with van der Waals surface area (Å²) in [4.78, 5) is 14.1. The molecular formula is C14H20N2O2. The van der Waals surface area contributed by atoms with Gasteiger partial charge in [0.1, 0.15) is 0 Å². The van der Waals surface area contributed by atoms with Gasteiger partial charge in [0.05, 0.1) is 19.3 Å². The zero-order valence-corrected chi connectivity index (χ0v) is 11.0. The summed E-state index contributed by atoms with van der Waals surface area (Å²) >= 11 is 0. The molecule has 0 unspecified atom stereocenters. The molecule has 98 valence electrons. The van der Waals surface area contributed by atoms with Crippen LogP contribution in [0.25, 0.3) is 0 Å². The fraction of sp³-hybridized carbons (Fsp3) is 0.500. The second-order valence-corrected chi connectivity index (χ2v) is 4.43. The summed E-state index contributed by atoms with van der Waals surface area (Å²) in [5.41, 5.74) is 1.86. The number of nitrogens with one attached hydrogen (secondary N) is 1. The molecule has 0 aliphatic carbocycles. The number of carbonyl (C=O) groups is 1. The van der Waals surface area contributed by atoms with E-state index in [0.717, 1.165) is 18.8 Å². The Bertz CT molecular complexity index is 395. The first kappa shape index (κ1) is 12.9. The molecule has 0 atom stereocenters. The minimum absolute atomic E-state index is 0.0191. The average molecular weight is 248 g/mol.